The Bertz CT molecular complexity index is 1380. The number of nitrogens with one attached hydrogen (secondary N) is 1. The van der Waals surface area contributed by atoms with E-state index in [1.807, 2.05) is 12.1 Å². The Kier molecular flexibility index (Phi) is 5.61. The Hall–Kier alpha value is -4.17. The van der Waals surface area contributed by atoms with Crippen molar-refractivity contribution in [3.05, 3.63) is 93.8 Å². The van der Waals surface area contributed by atoms with Crippen LogP contribution in [0.15, 0.2) is 72.9 Å². The van der Waals surface area contributed by atoms with Gasteiger partial charge < -0.3 is 14.5 Å². The normalized spacial score (nSPS) is 10.7. The van der Waals surface area contributed by atoms with E-state index >= 15 is 0 Å². The first kappa shape index (κ1) is 21.1. The van der Waals surface area contributed by atoms with Gasteiger partial charge in [0.15, 0.2) is 0 Å². The number of pyridine rings is 1. The van der Waals surface area contributed by atoms with Crippen molar-refractivity contribution < 1.29 is 19.2 Å². The van der Waals surface area contributed by atoms with Gasteiger partial charge in [0, 0.05) is 35.1 Å². The Morgan fingerprint density at radius 1 is 1.06 bits per heavy atom. The molecule has 2 aromatic heterocycles. The van der Waals surface area contributed by atoms with Crippen LogP contribution in [0.3, 0.4) is 0 Å². The number of nitrogens with zero attached hydrogens (tertiary/aromatic N) is 2. The highest BCUT2D eigenvalue weighted by atomic mass is 35.5. The van der Waals surface area contributed by atoms with Gasteiger partial charge in [-0.25, -0.2) is 0 Å². The summed E-state index contributed by atoms with van der Waals surface area (Å²) in [6, 6.07) is 17.6. The summed E-state index contributed by atoms with van der Waals surface area (Å²) in [4.78, 5) is 36.4. The quantitative estimate of drug-likeness (QED) is 0.193. The number of carbonyl (C=O) groups is 2. The van der Waals surface area contributed by atoms with Gasteiger partial charge in [-0.05, 0) is 42.0 Å². The van der Waals surface area contributed by atoms with Crippen LogP contribution in [-0.2, 0) is 4.79 Å². The van der Waals surface area contributed by atoms with Crippen molar-refractivity contribution in [2.75, 3.05) is 12.4 Å². The summed E-state index contributed by atoms with van der Waals surface area (Å²) < 4.78 is 6.80. The molecule has 0 aliphatic rings. The fourth-order valence-electron chi connectivity index (χ4n) is 3.40. The van der Waals surface area contributed by atoms with Crippen LogP contribution in [0.2, 0.25) is 5.02 Å². The molecule has 0 atom stereocenters. The molecule has 0 bridgehead atoms. The largest absolute Gasteiger partial charge is 0.495 e. The first-order valence-electron chi connectivity index (χ1n) is 9.43. The van der Waals surface area contributed by atoms with Crippen molar-refractivity contribution in [1.29, 1.82) is 0 Å². The summed E-state index contributed by atoms with van der Waals surface area (Å²) >= 11 is 6.27. The molecule has 0 saturated carbocycles. The fraction of sp³-hybridized carbons (Fsp3) is 0.0435. The van der Waals surface area contributed by atoms with E-state index in [0.717, 1.165) is 0 Å². The van der Waals surface area contributed by atoms with Gasteiger partial charge >= 0.3 is 0 Å². The number of anilines is 1. The first-order chi connectivity index (χ1) is 15.4. The monoisotopic (exact) mass is 449 g/mol. The van der Waals surface area contributed by atoms with E-state index < -0.39 is 16.6 Å². The van der Waals surface area contributed by atoms with Gasteiger partial charge in [-0.3, -0.25) is 19.7 Å². The highest BCUT2D eigenvalue weighted by molar-refractivity contribution is 6.47. The van der Waals surface area contributed by atoms with E-state index in [0.29, 0.717) is 27.4 Å². The lowest BCUT2D eigenvalue weighted by Gasteiger charge is -2.09. The maximum Gasteiger partial charge on any atom is 0.298 e. The molecule has 0 spiro atoms. The number of hydrogen-bond acceptors (Lipinski definition) is 5. The molecule has 0 radical (unpaired) electrons. The minimum Gasteiger partial charge on any atom is -0.495 e. The van der Waals surface area contributed by atoms with E-state index in [1.165, 1.54) is 31.4 Å². The summed E-state index contributed by atoms with van der Waals surface area (Å²) in [5, 5.41) is 13.8. The van der Waals surface area contributed by atoms with E-state index in [1.54, 1.807) is 40.9 Å². The van der Waals surface area contributed by atoms with Crippen molar-refractivity contribution in [3.8, 4) is 16.9 Å². The zero-order valence-corrected chi connectivity index (χ0v) is 17.5. The van der Waals surface area contributed by atoms with Gasteiger partial charge in [0.1, 0.15) is 11.4 Å². The molecule has 9 heteroatoms. The van der Waals surface area contributed by atoms with Gasteiger partial charge in [0.25, 0.3) is 17.4 Å². The van der Waals surface area contributed by atoms with Gasteiger partial charge in [-0.2, -0.15) is 0 Å². The van der Waals surface area contributed by atoms with Crippen molar-refractivity contribution in [2.45, 2.75) is 0 Å². The molecule has 0 aliphatic heterocycles. The minimum absolute atomic E-state index is 0.143. The third kappa shape index (κ3) is 3.91. The van der Waals surface area contributed by atoms with E-state index in [-0.39, 0.29) is 17.1 Å². The average Bonchev–Trinajstić information content (AvgIpc) is 3.18. The lowest BCUT2D eigenvalue weighted by atomic mass is 10.0. The molecule has 4 aromatic rings. The number of rotatable bonds is 6. The second kappa shape index (κ2) is 8.52. The Labute approximate surface area is 187 Å². The number of nitro groups is 1. The number of ether oxygens (including phenoxy) is 1. The molecule has 0 aliphatic carbocycles. The van der Waals surface area contributed by atoms with Gasteiger partial charge in [0.05, 0.1) is 17.1 Å². The minimum atomic E-state index is -0.921. The molecule has 0 saturated heterocycles. The van der Waals surface area contributed by atoms with Crippen LogP contribution in [0.1, 0.15) is 10.5 Å². The highest BCUT2D eigenvalue weighted by Crippen LogP contribution is 2.34. The predicted molar refractivity (Wildman–Crippen MR) is 120 cm³/mol. The lowest BCUT2D eigenvalue weighted by Crippen LogP contribution is -2.24. The molecular weight excluding hydrogens is 434 g/mol. The Morgan fingerprint density at radius 2 is 1.88 bits per heavy atom. The zero-order chi connectivity index (χ0) is 22.8. The van der Waals surface area contributed by atoms with Crippen LogP contribution in [0.25, 0.3) is 16.6 Å². The van der Waals surface area contributed by atoms with Crippen LogP contribution in [0, 0.1) is 10.1 Å². The van der Waals surface area contributed by atoms with E-state index in [4.69, 9.17) is 16.3 Å². The molecule has 2 aromatic carbocycles. The summed E-state index contributed by atoms with van der Waals surface area (Å²) in [6.07, 6.45) is 1.68. The number of non-ortho nitro benzene ring substituents is 1. The molecule has 4 rings (SSSR count). The third-order valence-corrected chi connectivity index (χ3v) is 5.17. The Morgan fingerprint density at radius 3 is 2.59 bits per heavy atom. The molecule has 1 amide bonds. The number of hydrogen-bond donors (Lipinski definition) is 1. The number of carbonyl (C=O) groups excluding carboxylic acids is 2. The SMILES string of the molecule is COc1ccc(-c2cc3ccccn3c2C(=O)C(=O)Nc2cccc([N+](=O)[O-])c2)cc1Cl. The number of nitro benzene ring substituents is 1. The number of amides is 1. The van der Waals surface area contributed by atoms with Crippen molar-refractivity contribution in [1.82, 2.24) is 4.40 Å². The van der Waals surface area contributed by atoms with Crippen molar-refractivity contribution in [2.24, 2.45) is 0 Å². The number of fused-ring (bicyclic) bond motifs is 1. The predicted octanol–water partition coefficient (Wildman–Crippen LogP) is 5.00. The van der Waals surface area contributed by atoms with Crippen LogP contribution in [0.5, 0.6) is 5.75 Å². The molecule has 0 fully saturated rings. The number of methoxy groups -OCH3 is 1. The van der Waals surface area contributed by atoms with Crippen molar-refractivity contribution >= 4 is 40.2 Å². The fourth-order valence-corrected chi connectivity index (χ4v) is 3.66. The molecule has 0 unspecified atom stereocenters. The van der Waals surface area contributed by atoms with Gasteiger partial charge in [0.2, 0.25) is 0 Å². The Balaban J connectivity index is 1.76. The van der Waals surface area contributed by atoms with Gasteiger partial charge in [-0.1, -0.05) is 29.8 Å². The number of halogens is 1. The number of aromatic nitrogens is 1. The van der Waals surface area contributed by atoms with Crippen LogP contribution < -0.4 is 10.1 Å². The first-order valence-corrected chi connectivity index (χ1v) is 9.81. The summed E-state index contributed by atoms with van der Waals surface area (Å²) in [7, 11) is 1.50. The summed E-state index contributed by atoms with van der Waals surface area (Å²) in [6.45, 7) is 0. The number of benzene rings is 2. The highest BCUT2D eigenvalue weighted by Gasteiger charge is 2.25. The topological polar surface area (TPSA) is 103 Å². The van der Waals surface area contributed by atoms with E-state index in [9.17, 15) is 19.7 Å². The zero-order valence-electron chi connectivity index (χ0n) is 16.7. The smallest absolute Gasteiger partial charge is 0.298 e. The number of Topliss-reactive ketones (excluding diaryl/α,β-unsaturated/α-hetero) is 1. The maximum absolute atomic E-state index is 13.2. The standard InChI is InChI=1S/C23H16ClN3O5/c1-32-20-9-8-14(11-19(20)24)18-13-16-6-2-3-10-26(16)21(18)22(28)23(29)25-15-5-4-7-17(12-15)27(30)31/h2-13H,1H3,(H,25,29). The molecule has 2 heterocycles. The maximum atomic E-state index is 13.2. The lowest BCUT2D eigenvalue weighted by molar-refractivity contribution is -0.384. The molecule has 8 nitrogen and oxygen atoms in total. The molecule has 1 N–H and O–H groups in total. The van der Waals surface area contributed by atoms with Crippen molar-refractivity contribution in [3.63, 3.8) is 0 Å². The number of ketones is 1. The molecular formula is C23H16ClN3O5. The second-order valence-corrected chi connectivity index (χ2v) is 7.25. The molecule has 32 heavy (non-hydrogen) atoms. The average molecular weight is 450 g/mol. The third-order valence-electron chi connectivity index (χ3n) is 4.88. The van der Waals surface area contributed by atoms with Crippen LogP contribution in [-0.4, -0.2) is 28.1 Å². The van der Waals surface area contributed by atoms with Gasteiger partial charge in [-0.15, -0.1) is 0 Å². The van der Waals surface area contributed by atoms with Crippen LogP contribution >= 0.6 is 11.6 Å². The van der Waals surface area contributed by atoms with E-state index in [2.05, 4.69) is 5.32 Å². The summed E-state index contributed by atoms with van der Waals surface area (Å²) in [5.41, 5.74) is 1.95. The van der Waals surface area contributed by atoms with Crippen LogP contribution in [0.4, 0.5) is 11.4 Å². The molecule has 160 valence electrons. The second-order valence-electron chi connectivity index (χ2n) is 6.84. The summed E-state index contributed by atoms with van der Waals surface area (Å²) in [5.74, 6) is -1.24.